The van der Waals surface area contributed by atoms with Crippen molar-refractivity contribution >= 4 is 43.1 Å². The topological polar surface area (TPSA) is 0 Å². The van der Waals surface area contributed by atoms with Crippen LogP contribution in [0.3, 0.4) is 0 Å². The minimum Gasteiger partial charge on any atom is -0.0622 e. The largest absolute Gasteiger partial charge is 0.0622 e. The second kappa shape index (κ2) is 7.96. The molecule has 208 valence electrons. The molecule has 10 rings (SSSR count). The molecule has 0 fully saturated rings. The third-order valence-corrected chi connectivity index (χ3v) is 11.2. The summed E-state index contributed by atoms with van der Waals surface area (Å²) in [5.74, 6) is 0. The maximum Gasteiger partial charge on any atom is 0.0159 e. The Balaban J connectivity index is 1.30. The molecule has 2 aliphatic carbocycles. The third kappa shape index (κ3) is 2.85. The highest BCUT2D eigenvalue weighted by Gasteiger charge is 2.43. The molecule has 8 aromatic rings. The molecule has 44 heavy (non-hydrogen) atoms. The molecular weight excluding hydrogens is 528 g/mol. The van der Waals surface area contributed by atoms with E-state index in [1.54, 1.807) is 0 Å². The number of fused-ring (bicyclic) bond motifs is 9. The van der Waals surface area contributed by atoms with Crippen molar-refractivity contribution in [2.24, 2.45) is 0 Å². The summed E-state index contributed by atoms with van der Waals surface area (Å²) in [6.45, 7) is 9.68. The van der Waals surface area contributed by atoms with Crippen LogP contribution in [-0.4, -0.2) is 0 Å². The molecule has 0 aliphatic heterocycles. The Hall–Kier alpha value is -4.94. The molecule has 2 aliphatic rings. The minimum atomic E-state index is -0.100. The average molecular weight is 561 g/mol. The van der Waals surface area contributed by atoms with Crippen LogP contribution in [0.2, 0.25) is 0 Å². The number of benzene rings is 8. The first kappa shape index (κ1) is 24.5. The quantitative estimate of drug-likeness (QED) is 0.175. The first-order valence-electron chi connectivity index (χ1n) is 15.9. The van der Waals surface area contributed by atoms with Crippen LogP contribution in [-0.2, 0) is 10.8 Å². The zero-order valence-corrected chi connectivity index (χ0v) is 25.5. The molecule has 0 spiro atoms. The Morgan fingerprint density at radius 2 is 0.955 bits per heavy atom. The Kier molecular flexibility index (Phi) is 4.43. The van der Waals surface area contributed by atoms with Gasteiger partial charge in [-0.1, -0.05) is 131 Å². The van der Waals surface area contributed by atoms with Crippen LogP contribution in [0.15, 0.2) is 121 Å². The van der Waals surface area contributed by atoms with Crippen LogP contribution in [0.4, 0.5) is 0 Å². The van der Waals surface area contributed by atoms with E-state index < -0.39 is 0 Å². The Morgan fingerprint density at radius 1 is 0.364 bits per heavy atom. The predicted octanol–water partition coefficient (Wildman–Crippen LogP) is 12.0. The Bertz CT molecular complexity index is 2520. The van der Waals surface area contributed by atoms with Gasteiger partial charge in [-0.05, 0) is 117 Å². The molecule has 0 saturated carbocycles. The van der Waals surface area contributed by atoms with Gasteiger partial charge in [-0.2, -0.15) is 0 Å². The second-order valence-electron chi connectivity index (χ2n) is 14.1. The van der Waals surface area contributed by atoms with Crippen molar-refractivity contribution in [3.8, 4) is 33.4 Å². The number of hydrogen-bond donors (Lipinski definition) is 0. The summed E-state index contributed by atoms with van der Waals surface area (Å²) in [5.41, 5.74) is 13.9. The van der Waals surface area contributed by atoms with E-state index >= 15 is 0 Å². The normalized spacial score (nSPS) is 15.6. The molecule has 0 radical (unpaired) electrons. The van der Waals surface area contributed by atoms with Crippen molar-refractivity contribution in [2.45, 2.75) is 38.5 Å². The highest BCUT2D eigenvalue weighted by atomic mass is 14.5. The SMILES string of the molecule is CC1(C)c2cc3c(cc2-c2c1ccc1ccccc21)C(C)(C)c1cc2ccc4c(-c5ccccc5)ccc5ccc(c1-3)c2c54. The van der Waals surface area contributed by atoms with Gasteiger partial charge in [0.15, 0.2) is 0 Å². The van der Waals surface area contributed by atoms with Gasteiger partial charge in [-0.3, -0.25) is 0 Å². The first-order chi connectivity index (χ1) is 21.3. The van der Waals surface area contributed by atoms with Crippen molar-refractivity contribution < 1.29 is 0 Å². The summed E-state index contributed by atoms with van der Waals surface area (Å²) >= 11 is 0. The summed E-state index contributed by atoms with van der Waals surface area (Å²) in [6, 6.07) is 46.1. The molecule has 0 amide bonds. The third-order valence-electron chi connectivity index (χ3n) is 11.2. The van der Waals surface area contributed by atoms with Crippen LogP contribution in [0.25, 0.3) is 76.5 Å². The summed E-state index contributed by atoms with van der Waals surface area (Å²) in [6.07, 6.45) is 0. The van der Waals surface area contributed by atoms with Crippen LogP contribution >= 0.6 is 0 Å². The molecule has 0 aromatic heterocycles. The van der Waals surface area contributed by atoms with Gasteiger partial charge in [0.1, 0.15) is 0 Å². The first-order valence-corrected chi connectivity index (χ1v) is 15.9. The highest BCUT2D eigenvalue weighted by molar-refractivity contribution is 6.28. The van der Waals surface area contributed by atoms with Crippen molar-refractivity contribution in [3.05, 3.63) is 144 Å². The summed E-state index contributed by atoms with van der Waals surface area (Å²) in [5, 5.41) is 10.8. The lowest BCUT2D eigenvalue weighted by atomic mass is 9.79. The van der Waals surface area contributed by atoms with E-state index in [0.29, 0.717) is 0 Å². The maximum absolute atomic E-state index is 2.57. The lowest BCUT2D eigenvalue weighted by Gasteiger charge is -2.24. The van der Waals surface area contributed by atoms with Gasteiger partial charge in [0.05, 0.1) is 0 Å². The van der Waals surface area contributed by atoms with E-state index in [2.05, 4.69) is 149 Å². The average Bonchev–Trinajstić information content (AvgIpc) is 3.42. The maximum atomic E-state index is 2.57. The van der Waals surface area contributed by atoms with Gasteiger partial charge < -0.3 is 0 Å². The number of rotatable bonds is 1. The monoisotopic (exact) mass is 560 g/mol. The van der Waals surface area contributed by atoms with Gasteiger partial charge in [0.25, 0.3) is 0 Å². The lowest BCUT2D eigenvalue weighted by Crippen LogP contribution is -2.17. The smallest absolute Gasteiger partial charge is 0.0159 e. The summed E-state index contributed by atoms with van der Waals surface area (Å²) in [7, 11) is 0. The molecule has 0 heteroatoms. The predicted molar refractivity (Wildman–Crippen MR) is 188 cm³/mol. The molecule has 0 bridgehead atoms. The molecule has 0 unspecified atom stereocenters. The number of hydrogen-bond acceptors (Lipinski definition) is 0. The van der Waals surface area contributed by atoms with Gasteiger partial charge in [0.2, 0.25) is 0 Å². The Morgan fingerprint density at radius 3 is 1.75 bits per heavy atom. The van der Waals surface area contributed by atoms with Gasteiger partial charge in [-0.25, -0.2) is 0 Å². The van der Waals surface area contributed by atoms with Crippen molar-refractivity contribution in [3.63, 3.8) is 0 Å². The molecule has 0 heterocycles. The lowest BCUT2D eigenvalue weighted by molar-refractivity contribution is 0.652. The van der Waals surface area contributed by atoms with Crippen LogP contribution in [0, 0.1) is 0 Å². The Labute approximate surface area is 257 Å². The van der Waals surface area contributed by atoms with E-state index in [4.69, 9.17) is 0 Å². The molecule has 8 aromatic carbocycles. The molecular formula is C44H32. The van der Waals surface area contributed by atoms with Gasteiger partial charge in [0, 0.05) is 10.8 Å². The standard InChI is InChI=1S/C44H32/c1-43(2)35-21-17-26-12-8-9-13-30(26)41(35)33-23-37-34(24-36(33)43)42-32-20-15-27-14-18-29(25-10-6-5-7-11-25)31-19-16-28(40(32)39(27)31)22-38(42)44(37,3)4/h5-24H,1-4H3. The fourth-order valence-electron chi connectivity index (χ4n) is 8.95. The van der Waals surface area contributed by atoms with E-state index in [1.807, 2.05) is 0 Å². The zero-order chi connectivity index (χ0) is 29.5. The minimum absolute atomic E-state index is 0.0645. The molecule has 0 saturated heterocycles. The van der Waals surface area contributed by atoms with Crippen molar-refractivity contribution in [2.75, 3.05) is 0 Å². The van der Waals surface area contributed by atoms with E-state index in [1.165, 1.54) is 98.7 Å². The second-order valence-corrected chi connectivity index (χ2v) is 14.1. The summed E-state index contributed by atoms with van der Waals surface area (Å²) < 4.78 is 0. The fourth-order valence-corrected chi connectivity index (χ4v) is 8.95. The molecule has 0 N–H and O–H groups in total. The van der Waals surface area contributed by atoms with Gasteiger partial charge in [-0.15, -0.1) is 0 Å². The van der Waals surface area contributed by atoms with E-state index in [-0.39, 0.29) is 10.8 Å². The summed E-state index contributed by atoms with van der Waals surface area (Å²) in [4.78, 5) is 0. The van der Waals surface area contributed by atoms with Crippen molar-refractivity contribution in [1.29, 1.82) is 0 Å². The zero-order valence-electron chi connectivity index (χ0n) is 25.5. The van der Waals surface area contributed by atoms with Crippen LogP contribution < -0.4 is 0 Å². The fraction of sp³-hybridized carbons (Fsp3) is 0.136. The highest BCUT2D eigenvalue weighted by Crippen LogP contribution is 2.59. The van der Waals surface area contributed by atoms with Crippen molar-refractivity contribution in [1.82, 2.24) is 0 Å². The van der Waals surface area contributed by atoms with E-state index in [9.17, 15) is 0 Å². The van der Waals surface area contributed by atoms with Crippen LogP contribution in [0.5, 0.6) is 0 Å². The molecule has 0 atom stereocenters. The van der Waals surface area contributed by atoms with E-state index in [0.717, 1.165) is 0 Å². The molecule has 0 nitrogen and oxygen atoms in total. The van der Waals surface area contributed by atoms with Gasteiger partial charge >= 0.3 is 0 Å². The van der Waals surface area contributed by atoms with Crippen LogP contribution in [0.1, 0.15) is 49.9 Å².